The maximum atomic E-state index is 12.3. The van der Waals surface area contributed by atoms with E-state index in [-0.39, 0.29) is 12.1 Å². The molecule has 1 fully saturated rings. The molecule has 2 amide bonds. The number of carbonyl (C=O) groups excluding carboxylic acids is 1. The van der Waals surface area contributed by atoms with Gasteiger partial charge in [-0.15, -0.1) is 0 Å². The number of aromatic nitrogens is 2. The monoisotopic (exact) mass is 403 g/mol. The Hall–Kier alpha value is -2.35. The van der Waals surface area contributed by atoms with Crippen LogP contribution in [0.3, 0.4) is 0 Å². The average Bonchev–Trinajstić information content (AvgIpc) is 3.16. The molecule has 1 saturated heterocycles. The van der Waals surface area contributed by atoms with Crippen molar-refractivity contribution < 1.29 is 9.53 Å². The van der Waals surface area contributed by atoms with E-state index in [4.69, 9.17) is 9.72 Å². The van der Waals surface area contributed by atoms with E-state index in [0.29, 0.717) is 13.0 Å². The predicted octanol–water partition coefficient (Wildman–Crippen LogP) is 3.16. The van der Waals surface area contributed by atoms with E-state index in [1.807, 2.05) is 23.1 Å². The fourth-order valence-electron chi connectivity index (χ4n) is 3.32. The van der Waals surface area contributed by atoms with Crippen molar-refractivity contribution in [2.45, 2.75) is 39.2 Å². The molecular weight excluding hydrogens is 374 g/mol. The first-order chi connectivity index (χ1) is 13.6. The van der Waals surface area contributed by atoms with Crippen molar-refractivity contribution >= 4 is 22.7 Å². The van der Waals surface area contributed by atoms with E-state index in [1.54, 1.807) is 7.11 Å². The Kier molecular flexibility index (Phi) is 7.08. The standard InChI is InChI=1S/C20H29N5O2S/c1-4-5-9-21-19(26)25-11-10-24(14-15(25)2)20-22-18(23-28-20)13-16-7-6-8-17(12-16)27-3/h6-8,12,15H,4-5,9-11,13-14H2,1-3H3,(H,21,26)/t15-/m0/s1. The van der Waals surface area contributed by atoms with Crippen LogP contribution >= 0.6 is 11.5 Å². The summed E-state index contributed by atoms with van der Waals surface area (Å²) >= 11 is 1.43. The summed E-state index contributed by atoms with van der Waals surface area (Å²) in [7, 11) is 1.67. The first-order valence-electron chi connectivity index (χ1n) is 9.85. The van der Waals surface area contributed by atoms with Crippen molar-refractivity contribution in [2.24, 2.45) is 0 Å². The lowest BCUT2D eigenvalue weighted by atomic mass is 10.1. The number of nitrogens with one attached hydrogen (secondary N) is 1. The van der Waals surface area contributed by atoms with Gasteiger partial charge in [0, 0.05) is 50.2 Å². The normalized spacial score (nSPS) is 16.9. The van der Waals surface area contributed by atoms with Crippen LogP contribution in [0, 0.1) is 0 Å². The van der Waals surface area contributed by atoms with Gasteiger partial charge in [-0.05, 0) is 31.0 Å². The second-order valence-corrected chi connectivity index (χ2v) is 7.83. The topological polar surface area (TPSA) is 70.6 Å². The molecule has 0 bridgehead atoms. The van der Waals surface area contributed by atoms with E-state index in [1.165, 1.54) is 11.5 Å². The van der Waals surface area contributed by atoms with Gasteiger partial charge in [-0.1, -0.05) is 25.5 Å². The molecule has 152 valence electrons. The molecule has 2 heterocycles. The highest BCUT2D eigenvalue weighted by Gasteiger charge is 2.28. The summed E-state index contributed by atoms with van der Waals surface area (Å²) in [6.45, 7) is 7.20. The minimum absolute atomic E-state index is 0.0385. The first-order valence-corrected chi connectivity index (χ1v) is 10.6. The van der Waals surface area contributed by atoms with Crippen molar-refractivity contribution in [3.8, 4) is 5.75 Å². The Labute approximate surface area is 170 Å². The maximum absolute atomic E-state index is 12.3. The minimum Gasteiger partial charge on any atom is -0.497 e. The molecule has 0 saturated carbocycles. The number of unbranched alkanes of at least 4 members (excludes halogenated alkanes) is 1. The highest BCUT2D eigenvalue weighted by atomic mass is 32.1. The molecule has 28 heavy (non-hydrogen) atoms. The van der Waals surface area contributed by atoms with Crippen molar-refractivity contribution in [1.29, 1.82) is 0 Å². The molecule has 0 aliphatic carbocycles. The Morgan fingerprint density at radius 3 is 3.00 bits per heavy atom. The van der Waals surface area contributed by atoms with E-state index in [9.17, 15) is 4.79 Å². The molecule has 0 spiro atoms. The summed E-state index contributed by atoms with van der Waals surface area (Å²) in [5, 5.41) is 3.94. The van der Waals surface area contributed by atoms with Crippen LogP contribution in [-0.4, -0.2) is 59.6 Å². The Balaban J connectivity index is 1.56. The molecule has 7 nitrogen and oxygen atoms in total. The second-order valence-electron chi connectivity index (χ2n) is 7.10. The van der Waals surface area contributed by atoms with Gasteiger partial charge in [0.1, 0.15) is 11.6 Å². The SMILES string of the molecule is CCCCNC(=O)N1CCN(c2nc(Cc3cccc(OC)c3)ns2)C[C@@H]1C. The zero-order chi connectivity index (χ0) is 19.9. The highest BCUT2D eigenvalue weighted by molar-refractivity contribution is 7.09. The number of rotatable bonds is 7. The third kappa shape index (κ3) is 5.13. The van der Waals surface area contributed by atoms with Gasteiger partial charge in [0.25, 0.3) is 0 Å². The van der Waals surface area contributed by atoms with Crippen molar-refractivity contribution in [2.75, 3.05) is 38.2 Å². The maximum Gasteiger partial charge on any atom is 0.317 e. The third-order valence-electron chi connectivity index (χ3n) is 4.92. The first kappa shape index (κ1) is 20.4. The predicted molar refractivity (Wildman–Crippen MR) is 112 cm³/mol. The Bertz CT molecular complexity index is 781. The van der Waals surface area contributed by atoms with Crippen LogP contribution in [0.2, 0.25) is 0 Å². The largest absolute Gasteiger partial charge is 0.497 e. The highest BCUT2D eigenvalue weighted by Crippen LogP contribution is 2.23. The lowest BCUT2D eigenvalue weighted by molar-refractivity contribution is 0.171. The smallest absolute Gasteiger partial charge is 0.317 e. The molecule has 2 aromatic rings. The van der Waals surface area contributed by atoms with Gasteiger partial charge >= 0.3 is 6.03 Å². The summed E-state index contributed by atoms with van der Waals surface area (Å²) in [4.78, 5) is 21.2. The zero-order valence-electron chi connectivity index (χ0n) is 16.9. The van der Waals surface area contributed by atoms with Crippen molar-refractivity contribution in [1.82, 2.24) is 19.6 Å². The van der Waals surface area contributed by atoms with Crippen LogP contribution in [0.25, 0.3) is 0 Å². The molecule has 1 aromatic heterocycles. The van der Waals surface area contributed by atoms with E-state index in [2.05, 4.69) is 34.5 Å². The average molecular weight is 404 g/mol. The molecule has 1 atom stereocenters. The summed E-state index contributed by atoms with van der Waals surface area (Å²) in [6, 6.07) is 8.16. The Morgan fingerprint density at radius 1 is 1.39 bits per heavy atom. The quantitative estimate of drug-likeness (QED) is 0.719. The van der Waals surface area contributed by atoms with Gasteiger partial charge in [-0.25, -0.2) is 9.78 Å². The van der Waals surface area contributed by atoms with E-state index in [0.717, 1.165) is 54.7 Å². The molecule has 8 heteroatoms. The van der Waals surface area contributed by atoms with Gasteiger partial charge in [-0.2, -0.15) is 4.37 Å². The fourth-order valence-corrected chi connectivity index (χ4v) is 4.04. The summed E-state index contributed by atoms with van der Waals surface area (Å²) < 4.78 is 9.81. The zero-order valence-corrected chi connectivity index (χ0v) is 17.7. The third-order valence-corrected chi connectivity index (χ3v) is 5.73. The number of methoxy groups -OCH3 is 1. The van der Waals surface area contributed by atoms with Crippen LogP contribution in [0.1, 0.15) is 38.1 Å². The number of nitrogens with zero attached hydrogens (tertiary/aromatic N) is 4. The lowest BCUT2D eigenvalue weighted by Gasteiger charge is -2.39. The van der Waals surface area contributed by atoms with Crippen LogP contribution < -0.4 is 15.0 Å². The molecule has 0 radical (unpaired) electrons. The van der Waals surface area contributed by atoms with E-state index >= 15 is 0 Å². The Morgan fingerprint density at radius 2 is 2.25 bits per heavy atom. The number of amides is 2. The molecular formula is C20H29N5O2S. The minimum atomic E-state index is 0.0385. The molecule has 1 aliphatic heterocycles. The van der Waals surface area contributed by atoms with Gasteiger partial charge < -0.3 is 19.9 Å². The number of urea groups is 1. The molecule has 0 unspecified atom stereocenters. The number of ether oxygens (including phenoxy) is 1. The number of hydrogen-bond donors (Lipinski definition) is 1. The summed E-state index contributed by atoms with van der Waals surface area (Å²) in [5.74, 6) is 1.66. The number of benzene rings is 1. The van der Waals surface area contributed by atoms with Crippen LogP contribution in [-0.2, 0) is 6.42 Å². The molecule has 3 rings (SSSR count). The number of piperazine rings is 1. The van der Waals surface area contributed by atoms with Crippen molar-refractivity contribution in [3.05, 3.63) is 35.7 Å². The van der Waals surface area contributed by atoms with Crippen LogP contribution in [0.15, 0.2) is 24.3 Å². The van der Waals surface area contributed by atoms with Gasteiger partial charge in [0.15, 0.2) is 0 Å². The van der Waals surface area contributed by atoms with Crippen molar-refractivity contribution in [3.63, 3.8) is 0 Å². The van der Waals surface area contributed by atoms with Gasteiger partial charge in [-0.3, -0.25) is 0 Å². The lowest BCUT2D eigenvalue weighted by Crippen LogP contribution is -2.56. The van der Waals surface area contributed by atoms with Gasteiger partial charge in [0.05, 0.1) is 7.11 Å². The second kappa shape index (κ2) is 9.73. The summed E-state index contributed by atoms with van der Waals surface area (Å²) in [6.07, 6.45) is 2.78. The van der Waals surface area contributed by atoms with E-state index < -0.39 is 0 Å². The summed E-state index contributed by atoms with van der Waals surface area (Å²) in [5.41, 5.74) is 1.13. The van der Waals surface area contributed by atoms with Crippen LogP contribution in [0.4, 0.5) is 9.93 Å². The number of anilines is 1. The van der Waals surface area contributed by atoms with Crippen LogP contribution in [0.5, 0.6) is 5.75 Å². The van der Waals surface area contributed by atoms with Gasteiger partial charge in [0.2, 0.25) is 5.13 Å². The number of hydrogen-bond acceptors (Lipinski definition) is 6. The molecule has 1 aromatic carbocycles. The number of carbonyl (C=O) groups is 1. The molecule has 1 aliphatic rings. The molecule has 1 N–H and O–H groups in total. The fraction of sp³-hybridized carbons (Fsp3) is 0.550.